The van der Waals surface area contributed by atoms with E-state index in [1.807, 2.05) is 11.0 Å². The molecule has 1 fully saturated rings. The van der Waals surface area contributed by atoms with E-state index in [4.69, 9.17) is 0 Å². The average Bonchev–Trinajstić information content (AvgIpc) is 2.96. The van der Waals surface area contributed by atoms with Crippen LogP contribution in [0.2, 0.25) is 0 Å². The van der Waals surface area contributed by atoms with Gasteiger partial charge in [-0.25, -0.2) is 0 Å². The standard InChI is InChI=1S/C16H25N3O2S/c1-3-5-6-14(20)18-15-13(11-12(4-2)22-15)16(21)19-9-7-17-8-10-19/h11,17H,3-10H2,1-2H3,(H,18,20). The summed E-state index contributed by atoms with van der Waals surface area (Å²) in [4.78, 5) is 27.7. The van der Waals surface area contributed by atoms with Gasteiger partial charge in [-0.15, -0.1) is 11.3 Å². The number of amides is 2. The maximum absolute atomic E-state index is 12.7. The van der Waals surface area contributed by atoms with Crippen LogP contribution in [0.15, 0.2) is 6.07 Å². The van der Waals surface area contributed by atoms with Gasteiger partial charge in [0.1, 0.15) is 5.00 Å². The topological polar surface area (TPSA) is 61.4 Å². The van der Waals surface area contributed by atoms with Crippen molar-refractivity contribution in [2.45, 2.75) is 39.5 Å². The van der Waals surface area contributed by atoms with Crippen LogP contribution in [-0.2, 0) is 11.2 Å². The molecule has 0 unspecified atom stereocenters. The quantitative estimate of drug-likeness (QED) is 0.845. The van der Waals surface area contributed by atoms with E-state index < -0.39 is 0 Å². The first kappa shape index (κ1) is 17.0. The van der Waals surface area contributed by atoms with Crippen molar-refractivity contribution in [1.29, 1.82) is 0 Å². The third-order valence-corrected chi connectivity index (χ3v) is 4.97. The van der Waals surface area contributed by atoms with Crippen LogP contribution in [-0.4, -0.2) is 42.9 Å². The molecule has 2 N–H and O–H groups in total. The number of anilines is 1. The highest BCUT2D eigenvalue weighted by molar-refractivity contribution is 7.16. The molecule has 0 spiro atoms. The monoisotopic (exact) mass is 323 g/mol. The Morgan fingerprint density at radius 1 is 1.32 bits per heavy atom. The highest BCUT2D eigenvalue weighted by Gasteiger charge is 2.23. The molecule has 5 nitrogen and oxygen atoms in total. The number of nitrogens with one attached hydrogen (secondary N) is 2. The number of hydrogen-bond donors (Lipinski definition) is 2. The first-order valence-corrected chi connectivity index (χ1v) is 8.89. The van der Waals surface area contributed by atoms with Crippen LogP contribution in [0.4, 0.5) is 5.00 Å². The molecule has 0 aliphatic carbocycles. The van der Waals surface area contributed by atoms with E-state index in [0.29, 0.717) is 17.0 Å². The molecule has 1 aliphatic rings. The minimum Gasteiger partial charge on any atom is -0.336 e. The molecule has 0 radical (unpaired) electrons. The van der Waals surface area contributed by atoms with Gasteiger partial charge in [-0.3, -0.25) is 9.59 Å². The van der Waals surface area contributed by atoms with E-state index in [0.717, 1.165) is 50.3 Å². The fourth-order valence-corrected chi connectivity index (χ4v) is 3.44. The summed E-state index contributed by atoms with van der Waals surface area (Å²) in [5.41, 5.74) is 0.647. The van der Waals surface area contributed by atoms with Gasteiger partial charge >= 0.3 is 0 Å². The summed E-state index contributed by atoms with van der Waals surface area (Å²) >= 11 is 1.52. The second-order valence-corrected chi connectivity index (χ2v) is 6.64. The van der Waals surface area contributed by atoms with Crippen LogP contribution >= 0.6 is 11.3 Å². The van der Waals surface area contributed by atoms with Crippen LogP contribution in [0.5, 0.6) is 0 Å². The summed E-state index contributed by atoms with van der Waals surface area (Å²) in [7, 11) is 0. The van der Waals surface area contributed by atoms with Crippen LogP contribution in [0.3, 0.4) is 0 Å². The lowest BCUT2D eigenvalue weighted by atomic mass is 10.2. The van der Waals surface area contributed by atoms with Crippen molar-refractivity contribution < 1.29 is 9.59 Å². The van der Waals surface area contributed by atoms with Gasteiger partial charge in [0.15, 0.2) is 0 Å². The van der Waals surface area contributed by atoms with E-state index in [1.54, 1.807) is 0 Å². The normalized spacial score (nSPS) is 14.9. The summed E-state index contributed by atoms with van der Waals surface area (Å²) < 4.78 is 0. The molecule has 2 rings (SSSR count). The molecule has 2 amide bonds. The number of rotatable bonds is 6. The van der Waals surface area contributed by atoms with E-state index in [1.165, 1.54) is 11.3 Å². The Hall–Kier alpha value is -1.40. The molecule has 122 valence electrons. The average molecular weight is 323 g/mol. The van der Waals surface area contributed by atoms with Crippen molar-refractivity contribution in [1.82, 2.24) is 10.2 Å². The first-order valence-electron chi connectivity index (χ1n) is 8.08. The molecule has 1 saturated heterocycles. The Kier molecular flexibility index (Phi) is 6.39. The SMILES string of the molecule is CCCCC(=O)Nc1sc(CC)cc1C(=O)N1CCNCC1. The summed E-state index contributed by atoms with van der Waals surface area (Å²) in [6, 6.07) is 1.93. The summed E-state index contributed by atoms with van der Waals surface area (Å²) in [6.45, 7) is 7.22. The summed E-state index contributed by atoms with van der Waals surface area (Å²) in [5, 5.41) is 6.89. The number of thiophene rings is 1. The maximum atomic E-state index is 12.7. The largest absolute Gasteiger partial charge is 0.336 e. The van der Waals surface area contributed by atoms with Gasteiger partial charge in [-0.1, -0.05) is 20.3 Å². The molecule has 1 aromatic heterocycles. The molecule has 6 heteroatoms. The van der Waals surface area contributed by atoms with E-state index >= 15 is 0 Å². The number of hydrogen-bond acceptors (Lipinski definition) is 4. The Balaban J connectivity index is 2.13. The zero-order valence-corrected chi connectivity index (χ0v) is 14.2. The number of carbonyl (C=O) groups is 2. The predicted octanol–water partition coefficient (Wildman–Crippen LogP) is 2.48. The van der Waals surface area contributed by atoms with Gasteiger partial charge in [-0.05, 0) is 18.9 Å². The van der Waals surface area contributed by atoms with Crippen molar-refractivity contribution in [3.05, 3.63) is 16.5 Å². The van der Waals surface area contributed by atoms with Gasteiger partial charge in [0.25, 0.3) is 5.91 Å². The van der Waals surface area contributed by atoms with E-state index in [-0.39, 0.29) is 11.8 Å². The molecular weight excluding hydrogens is 298 g/mol. The van der Waals surface area contributed by atoms with Gasteiger partial charge in [-0.2, -0.15) is 0 Å². The van der Waals surface area contributed by atoms with E-state index in [9.17, 15) is 9.59 Å². The third kappa shape index (κ3) is 4.30. The maximum Gasteiger partial charge on any atom is 0.256 e. The Morgan fingerprint density at radius 2 is 2.05 bits per heavy atom. The van der Waals surface area contributed by atoms with Crippen molar-refractivity contribution in [2.24, 2.45) is 0 Å². The van der Waals surface area contributed by atoms with Crippen molar-refractivity contribution in [3.8, 4) is 0 Å². The van der Waals surface area contributed by atoms with Crippen molar-refractivity contribution in [2.75, 3.05) is 31.5 Å². The lowest BCUT2D eigenvalue weighted by molar-refractivity contribution is -0.116. The minimum atomic E-state index is 0.000661. The number of aryl methyl sites for hydroxylation is 1. The van der Waals surface area contributed by atoms with Gasteiger partial charge in [0, 0.05) is 37.5 Å². The zero-order valence-electron chi connectivity index (χ0n) is 13.4. The lowest BCUT2D eigenvalue weighted by Crippen LogP contribution is -2.46. The van der Waals surface area contributed by atoms with Crippen LogP contribution in [0.1, 0.15) is 48.3 Å². The lowest BCUT2D eigenvalue weighted by Gasteiger charge is -2.27. The number of unbranched alkanes of at least 4 members (excludes halogenated alkanes) is 1. The van der Waals surface area contributed by atoms with Crippen LogP contribution < -0.4 is 10.6 Å². The van der Waals surface area contributed by atoms with Gasteiger partial charge < -0.3 is 15.5 Å². The zero-order chi connectivity index (χ0) is 15.9. The van der Waals surface area contributed by atoms with Crippen molar-refractivity contribution in [3.63, 3.8) is 0 Å². The molecule has 22 heavy (non-hydrogen) atoms. The number of piperazine rings is 1. The fourth-order valence-electron chi connectivity index (χ4n) is 2.43. The highest BCUT2D eigenvalue weighted by atomic mass is 32.1. The smallest absolute Gasteiger partial charge is 0.256 e. The number of nitrogens with zero attached hydrogens (tertiary/aromatic N) is 1. The summed E-state index contributed by atoms with van der Waals surface area (Å²) in [5.74, 6) is 0.0314. The molecule has 0 bridgehead atoms. The molecule has 1 aromatic rings. The fraction of sp³-hybridized carbons (Fsp3) is 0.625. The minimum absolute atomic E-state index is 0.000661. The number of carbonyl (C=O) groups excluding carboxylic acids is 2. The third-order valence-electron chi connectivity index (χ3n) is 3.78. The highest BCUT2D eigenvalue weighted by Crippen LogP contribution is 2.30. The second kappa shape index (κ2) is 8.29. The van der Waals surface area contributed by atoms with Crippen molar-refractivity contribution >= 4 is 28.2 Å². The first-order chi connectivity index (χ1) is 10.7. The van der Waals surface area contributed by atoms with Gasteiger partial charge in [0.05, 0.1) is 5.56 Å². The van der Waals surface area contributed by atoms with Gasteiger partial charge in [0.2, 0.25) is 5.91 Å². The Labute approximate surface area is 136 Å². The molecule has 0 aromatic carbocycles. The van der Waals surface area contributed by atoms with E-state index in [2.05, 4.69) is 24.5 Å². The Morgan fingerprint density at radius 3 is 2.68 bits per heavy atom. The molecule has 0 atom stereocenters. The molecule has 0 saturated carbocycles. The molecule has 2 heterocycles. The summed E-state index contributed by atoms with van der Waals surface area (Å²) in [6.07, 6.45) is 3.25. The molecule has 1 aliphatic heterocycles. The van der Waals surface area contributed by atoms with Crippen LogP contribution in [0, 0.1) is 0 Å². The predicted molar refractivity (Wildman–Crippen MR) is 90.6 cm³/mol. The second-order valence-electron chi connectivity index (χ2n) is 5.50. The van der Waals surface area contributed by atoms with Crippen LogP contribution in [0.25, 0.3) is 0 Å². The molecular formula is C16H25N3O2S. The Bertz CT molecular complexity index is 521.